The van der Waals surface area contributed by atoms with Gasteiger partial charge in [0.2, 0.25) is 11.6 Å². The number of Topliss-reactive ketones (excluding diaryl/α,β-unsaturated/α-hetero) is 1. The molecule has 0 aromatic heterocycles. The van der Waals surface area contributed by atoms with E-state index in [2.05, 4.69) is 0 Å². The van der Waals surface area contributed by atoms with Gasteiger partial charge in [-0.15, -0.1) is 0 Å². The predicted octanol–water partition coefficient (Wildman–Crippen LogP) is 0.219. The van der Waals surface area contributed by atoms with Crippen molar-refractivity contribution in [3.8, 4) is 0 Å². The van der Waals surface area contributed by atoms with E-state index in [9.17, 15) is 9.90 Å². The molecule has 5 atom stereocenters. The van der Waals surface area contributed by atoms with Crippen LogP contribution in [0.3, 0.4) is 0 Å². The molecule has 0 bridgehead atoms. The zero-order valence-corrected chi connectivity index (χ0v) is 11.1. The quantitative estimate of drug-likeness (QED) is 0.765. The number of ketones is 1. The first-order valence-corrected chi connectivity index (χ1v) is 6.01. The van der Waals surface area contributed by atoms with Crippen LogP contribution in [0.2, 0.25) is 0 Å². The summed E-state index contributed by atoms with van der Waals surface area (Å²) in [6.45, 7) is 3.38. The van der Waals surface area contributed by atoms with Crippen molar-refractivity contribution < 1.29 is 28.8 Å². The number of carbonyl (C=O) groups excluding carboxylic acids is 1. The van der Waals surface area contributed by atoms with Crippen molar-refractivity contribution in [3.05, 3.63) is 0 Å². The smallest absolute Gasteiger partial charge is 0.220 e. The Hall–Kier alpha value is -0.530. The number of ether oxygens (including phenoxy) is 4. The average molecular weight is 260 g/mol. The first-order valence-electron chi connectivity index (χ1n) is 6.01. The normalized spacial score (nSPS) is 48.9. The zero-order valence-electron chi connectivity index (χ0n) is 11.1. The molecule has 104 valence electrons. The molecule has 1 N–H and O–H groups in total. The molecule has 1 heterocycles. The van der Waals surface area contributed by atoms with Gasteiger partial charge < -0.3 is 24.1 Å². The van der Waals surface area contributed by atoms with Crippen LogP contribution in [-0.4, -0.2) is 55.0 Å². The molecule has 18 heavy (non-hydrogen) atoms. The number of carbonyl (C=O) groups is 1. The summed E-state index contributed by atoms with van der Waals surface area (Å²) in [5, 5.41) is 9.92. The predicted molar refractivity (Wildman–Crippen MR) is 60.8 cm³/mol. The SMILES string of the molecule is COC1(C)OC2CC(=O)CC(O)C2OC1(C)OC. The van der Waals surface area contributed by atoms with Crippen LogP contribution >= 0.6 is 0 Å². The van der Waals surface area contributed by atoms with Crippen molar-refractivity contribution in [1.82, 2.24) is 0 Å². The second kappa shape index (κ2) is 4.54. The maximum Gasteiger partial charge on any atom is 0.220 e. The Morgan fingerprint density at radius 1 is 1.17 bits per heavy atom. The second-order valence-electron chi connectivity index (χ2n) is 5.05. The highest BCUT2D eigenvalue weighted by molar-refractivity contribution is 5.80. The van der Waals surface area contributed by atoms with Crippen LogP contribution < -0.4 is 0 Å². The van der Waals surface area contributed by atoms with Crippen molar-refractivity contribution in [2.45, 2.75) is 56.6 Å². The Balaban J connectivity index is 2.27. The Kier molecular flexibility index (Phi) is 3.50. The van der Waals surface area contributed by atoms with Crippen molar-refractivity contribution in [2.75, 3.05) is 14.2 Å². The minimum absolute atomic E-state index is 0.0353. The lowest BCUT2D eigenvalue weighted by Gasteiger charge is -2.53. The maximum atomic E-state index is 11.5. The van der Waals surface area contributed by atoms with E-state index in [1.165, 1.54) is 14.2 Å². The topological polar surface area (TPSA) is 74.2 Å². The molecule has 2 rings (SSSR count). The number of aliphatic hydroxyl groups excluding tert-OH is 1. The van der Waals surface area contributed by atoms with Gasteiger partial charge >= 0.3 is 0 Å². The number of rotatable bonds is 2. The van der Waals surface area contributed by atoms with Crippen LogP contribution in [0, 0.1) is 0 Å². The molecule has 0 radical (unpaired) electrons. The molecule has 0 amide bonds. The van der Waals surface area contributed by atoms with Crippen molar-refractivity contribution in [2.24, 2.45) is 0 Å². The molecule has 5 unspecified atom stereocenters. The summed E-state index contributed by atoms with van der Waals surface area (Å²) in [7, 11) is 2.98. The summed E-state index contributed by atoms with van der Waals surface area (Å²) in [6.07, 6.45) is -1.63. The standard InChI is InChI=1S/C12H20O6/c1-11(15-3)12(2,16-4)18-10-8(14)5-7(13)6-9(10)17-11/h8-10,14H,5-6H2,1-4H3. The third-order valence-corrected chi connectivity index (χ3v) is 3.95. The van der Waals surface area contributed by atoms with Gasteiger partial charge in [-0.1, -0.05) is 0 Å². The molecule has 1 aliphatic heterocycles. The van der Waals surface area contributed by atoms with Crippen LogP contribution in [-0.2, 0) is 23.7 Å². The molecule has 2 aliphatic rings. The molecule has 1 saturated carbocycles. The molecule has 1 saturated heterocycles. The van der Waals surface area contributed by atoms with Gasteiger partial charge in [0.05, 0.1) is 12.2 Å². The summed E-state index contributed by atoms with van der Waals surface area (Å²) in [6, 6.07) is 0. The largest absolute Gasteiger partial charge is 0.390 e. The summed E-state index contributed by atoms with van der Waals surface area (Å²) < 4.78 is 22.3. The van der Waals surface area contributed by atoms with Gasteiger partial charge in [0, 0.05) is 27.1 Å². The van der Waals surface area contributed by atoms with Gasteiger partial charge in [0.15, 0.2) is 0 Å². The Labute approximate surface area is 106 Å². The Morgan fingerprint density at radius 3 is 2.28 bits per heavy atom. The summed E-state index contributed by atoms with van der Waals surface area (Å²) in [4.78, 5) is 11.5. The molecule has 6 nitrogen and oxygen atoms in total. The van der Waals surface area contributed by atoms with Gasteiger partial charge in [-0.05, 0) is 13.8 Å². The van der Waals surface area contributed by atoms with Crippen molar-refractivity contribution >= 4 is 5.78 Å². The first kappa shape index (κ1) is 13.9. The van der Waals surface area contributed by atoms with E-state index in [1.54, 1.807) is 13.8 Å². The minimum Gasteiger partial charge on any atom is -0.390 e. The van der Waals surface area contributed by atoms with E-state index in [-0.39, 0.29) is 18.6 Å². The molecule has 0 spiro atoms. The summed E-state index contributed by atoms with van der Waals surface area (Å²) in [5.41, 5.74) is 0. The summed E-state index contributed by atoms with van der Waals surface area (Å²) in [5.74, 6) is -2.29. The van der Waals surface area contributed by atoms with Crippen molar-refractivity contribution in [3.63, 3.8) is 0 Å². The molecular weight excluding hydrogens is 240 g/mol. The molecular formula is C12H20O6. The molecule has 0 aromatic carbocycles. The Bertz CT molecular complexity index is 345. The number of fused-ring (bicyclic) bond motifs is 1. The van der Waals surface area contributed by atoms with E-state index in [0.717, 1.165) is 0 Å². The highest BCUT2D eigenvalue weighted by Crippen LogP contribution is 2.42. The van der Waals surface area contributed by atoms with E-state index >= 15 is 0 Å². The van der Waals surface area contributed by atoms with Gasteiger partial charge in [-0.2, -0.15) is 0 Å². The lowest BCUT2D eigenvalue weighted by Crippen LogP contribution is -2.68. The monoisotopic (exact) mass is 260 g/mol. The van der Waals surface area contributed by atoms with E-state index < -0.39 is 29.9 Å². The molecule has 0 aromatic rings. The summed E-state index contributed by atoms with van der Waals surface area (Å²) >= 11 is 0. The van der Waals surface area contributed by atoms with Crippen LogP contribution in [0.4, 0.5) is 0 Å². The lowest BCUT2D eigenvalue weighted by atomic mass is 9.88. The highest BCUT2D eigenvalue weighted by Gasteiger charge is 2.59. The van der Waals surface area contributed by atoms with Crippen molar-refractivity contribution in [1.29, 1.82) is 0 Å². The maximum absolute atomic E-state index is 11.5. The third kappa shape index (κ3) is 1.98. The fraction of sp³-hybridized carbons (Fsp3) is 0.917. The fourth-order valence-electron chi connectivity index (χ4n) is 2.51. The molecule has 6 heteroatoms. The van der Waals surface area contributed by atoms with Crippen LogP contribution in [0.1, 0.15) is 26.7 Å². The van der Waals surface area contributed by atoms with Gasteiger partial charge in [-0.25, -0.2) is 0 Å². The van der Waals surface area contributed by atoms with E-state index in [4.69, 9.17) is 18.9 Å². The minimum atomic E-state index is -1.13. The highest BCUT2D eigenvalue weighted by atomic mass is 16.8. The van der Waals surface area contributed by atoms with E-state index in [0.29, 0.717) is 0 Å². The van der Waals surface area contributed by atoms with Crippen LogP contribution in [0.5, 0.6) is 0 Å². The van der Waals surface area contributed by atoms with Gasteiger partial charge in [0.25, 0.3) is 0 Å². The lowest BCUT2D eigenvalue weighted by molar-refractivity contribution is -0.454. The zero-order chi connectivity index (χ0) is 13.6. The van der Waals surface area contributed by atoms with Crippen LogP contribution in [0.15, 0.2) is 0 Å². The number of methoxy groups -OCH3 is 2. The van der Waals surface area contributed by atoms with Gasteiger partial charge in [0.1, 0.15) is 11.9 Å². The van der Waals surface area contributed by atoms with E-state index in [1.807, 2.05) is 0 Å². The third-order valence-electron chi connectivity index (χ3n) is 3.95. The van der Waals surface area contributed by atoms with Crippen LogP contribution in [0.25, 0.3) is 0 Å². The molecule has 1 aliphatic carbocycles. The average Bonchev–Trinajstić information content (AvgIpc) is 2.32. The fourth-order valence-corrected chi connectivity index (χ4v) is 2.51. The first-order chi connectivity index (χ1) is 8.35. The Morgan fingerprint density at radius 2 is 1.72 bits per heavy atom. The van der Waals surface area contributed by atoms with Gasteiger partial charge in [-0.3, -0.25) is 4.79 Å². The number of aliphatic hydroxyl groups is 1. The number of hydrogen-bond donors (Lipinski definition) is 1. The number of hydrogen-bond acceptors (Lipinski definition) is 6. The molecule has 2 fully saturated rings. The second-order valence-corrected chi connectivity index (χ2v) is 5.05.